The number of carbonyl (C=O) groups is 1. The maximum atomic E-state index is 13.5. The minimum Gasteiger partial charge on any atom is -0.478 e. The van der Waals surface area contributed by atoms with Crippen molar-refractivity contribution in [3.8, 4) is 0 Å². The SMILES string of the molecule is CN(CC(C)(C)C)c1cc(C(=O)O)c(F)cc1[N+](=O)[O-]. The maximum Gasteiger partial charge on any atom is 0.338 e. The Morgan fingerprint density at radius 3 is 2.40 bits per heavy atom. The molecule has 0 aliphatic heterocycles. The van der Waals surface area contributed by atoms with Gasteiger partial charge < -0.3 is 10.0 Å². The Bertz CT molecular complexity index is 552. The lowest BCUT2D eigenvalue weighted by molar-refractivity contribution is -0.384. The summed E-state index contributed by atoms with van der Waals surface area (Å²) in [4.78, 5) is 22.8. The third-order valence-electron chi connectivity index (χ3n) is 2.61. The zero-order valence-electron chi connectivity index (χ0n) is 11.8. The van der Waals surface area contributed by atoms with Crippen LogP contribution in [0, 0.1) is 21.3 Å². The van der Waals surface area contributed by atoms with Crippen molar-refractivity contribution in [2.45, 2.75) is 20.8 Å². The molecule has 0 aromatic heterocycles. The van der Waals surface area contributed by atoms with Crippen LogP contribution in [0.15, 0.2) is 12.1 Å². The summed E-state index contributed by atoms with van der Waals surface area (Å²) in [6.07, 6.45) is 0. The smallest absolute Gasteiger partial charge is 0.338 e. The molecule has 20 heavy (non-hydrogen) atoms. The molecular weight excluding hydrogens is 267 g/mol. The molecule has 1 rings (SSSR count). The molecule has 0 heterocycles. The van der Waals surface area contributed by atoms with Crippen LogP contribution in [-0.2, 0) is 0 Å². The van der Waals surface area contributed by atoms with E-state index in [9.17, 15) is 19.3 Å². The van der Waals surface area contributed by atoms with Crippen LogP contribution < -0.4 is 4.90 Å². The molecule has 0 bridgehead atoms. The molecule has 0 aliphatic carbocycles. The minimum atomic E-state index is -1.46. The molecule has 1 aromatic rings. The highest BCUT2D eigenvalue weighted by atomic mass is 19.1. The van der Waals surface area contributed by atoms with Gasteiger partial charge in [-0.1, -0.05) is 20.8 Å². The Balaban J connectivity index is 3.38. The maximum absolute atomic E-state index is 13.5. The van der Waals surface area contributed by atoms with Crippen molar-refractivity contribution < 1.29 is 19.2 Å². The highest BCUT2D eigenvalue weighted by molar-refractivity contribution is 5.90. The fraction of sp³-hybridized carbons (Fsp3) is 0.462. The Kier molecular flexibility index (Phi) is 4.32. The van der Waals surface area contributed by atoms with Crippen molar-refractivity contribution in [3.63, 3.8) is 0 Å². The second-order valence-electron chi connectivity index (χ2n) is 5.80. The highest BCUT2D eigenvalue weighted by Gasteiger charge is 2.25. The second kappa shape index (κ2) is 5.44. The van der Waals surface area contributed by atoms with Gasteiger partial charge in [0.05, 0.1) is 16.6 Å². The first-order valence-electron chi connectivity index (χ1n) is 5.95. The number of carboxylic acid groups (broad SMARTS) is 1. The lowest BCUT2D eigenvalue weighted by Gasteiger charge is -2.28. The van der Waals surface area contributed by atoms with Gasteiger partial charge in [0.2, 0.25) is 0 Å². The summed E-state index contributed by atoms with van der Waals surface area (Å²) < 4.78 is 13.5. The Labute approximate surface area is 116 Å². The third kappa shape index (κ3) is 3.66. The van der Waals surface area contributed by atoms with Crippen molar-refractivity contribution in [3.05, 3.63) is 33.6 Å². The van der Waals surface area contributed by atoms with Crippen LogP contribution in [0.3, 0.4) is 0 Å². The number of rotatable bonds is 4. The predicted octanol–water partition coefficient (Wildman–Crippen LogP) is 2.91. The van der Waals surface area contributed by atoms with E-state index in [1.807, 2.05) is 20.8 Å². The van der Waals surface area contributed by atoms with Crippen molar-refractivity contribution in [2.24, 2.45) is 5.41 Å². The van der Waals surface area contributed by atoms with Gasteiger partial charge in [-0.2, -0.15) is 0 Å². The van der Waals surface area contributed by atoms with Gasteiger partial charge in [0, 0.05) is 13.6 Å². The van der Waals surface area contributed by atoms with E-state index in [1.165, 1.54) is 0 Å². The van der Waals surface area contributed by atoms with Crippen LogP contribution >= 0.6 is 0 Å². The van der Waals surface area contributed by atoms with Gasteiger partial charge in [0.15, 0.2) is 0 Å². The monoisotopic (exact) mass is 284 g/mol. The number of benzene rings is 1. The molecule has 110 valence electrons. The molecule has 1 aromatic carbocycles. The first-order chi connectivity index (χ1) is 9.03. The van der Waals surface area contributed by atoms with Crippen LogP contribution in [0.2, 0.25) is 0 Å². The van der Waals surface area contributed by atoms with Crippen LogP contribution in [0.1, 0.15) is 31.1 Å². The molecule has 6 nitrogen and oxygen atoms in total. The Morgan fingerprint density at radius 1 is 1.45 bits per heavy atom. The predicted molar refractivity (Wildman–Crippen MR) is 72.7 cm³/mol. The molecule has 1 N–H and O–H groups in total. The van der Waals surface area contributed by atoms with Gasteiger partial charge in [-0.15, -0.1) is 0 Å². The van der Waals surface area contributed by atoms with Gasteiger partial charge in [-0.3, -0.25) is 10.1 Å². The molecule has 0 unspecified atom stereocenters. The summed E-state index contributed by atoms with van der Waals surface area (Å²) in [6.45, 7) is 6.28. The largest absolute Gasteiger partial charge is 0.478 e. The zero-order chi connectivity index (χ0) is 15.7. The molecule has 0 spiro atoms. The summed E-state index contributed by atoms with van der Waals surface area (Å²) in [5, 5.41) is 19.9. The van der Waals surface area contributed by atoms with Crippen LogP contribution in [0.5, 0.6) is 0 Å². The van der Waals surface area contributed by atoms with E-state index in [1.54, 1.807) is 11.9 Å². The van der Waals surface area contributed by atoms with E-state index < -0.39 is 28.0 Å². The number of anilines is 1. The van der Waals surface area contributed by atoms with E-state index in [-0.39, 0.29) is 11.1 Å². The number of halogens is 1. The van der Waals surface area contributed by atoms with E-state index in [4.69, 9.17) is 5.11 Å². The molecule has 0 fully saturated rings. The molecule has 0 saturated carbocycles. The quantitative estimate of drug-likeness (QED) is 0.679. The summed E-state index contributed by atoms with van der Waals surface area (Å²) in [6, 6.07) is 1.65. The lowest BCUT2D eigenvalue weighted by atomic mass is 9.96. The number of carboxylic acids is 1. The van der Waals surface area contributed by atoms with Gasteiger partial charge in [0.1, 0.15) is 11.5 Å². The van der Waals surface area contributed by atoms with Gasteiger partial charge >= 0.3 is 5.97 Å². The van der Waals surface area contributed by atoms with Crippen LogP contribution in [0.25, 0.3) is 0 Å². The fourth-order valence-corrected chi connectivity index (χ4v) is 1.96. The Morgan fingerprint density at radius 2 is 2.00 bits per heavy atom. The molecule has 0 atom stereocenters. The number of nitro benzene ring substituents is 1. The molecule has 7 heteroatoms. The lowest BCUT2D eigenvalue weighted by Crippen LogP contribution is -2.29. The molecule has 0 radical (unpaired) electrons. The molecule has 0 aliphatic rings. The average molecular weight is 284 g/mol. The molecular formula is C13H17FN2O4. The minimum absolute atomic E-state index is 0.0868. The topological polar surface area (TPSA) is 83.7 Å². The second-order valence-corrected chi connectivity index (χ2v) is 5.80. The normalized spacial score (nSPS) is 11.2. The number of hydrogen-bond acceptors (Lipinski definition) is 4. The van der Waals surface area contributed by atoms with Gasteiger partial charge in [-0.05, 0) is 11.5 Å². The van der Waals surface area contributed by atoms with Crippen molar-refractivity contribution in [1.29, 1.82) is 0 Å². The summed E-state index contributed by atoms with van der Waals surface area (Å²) in [7, 11) is 1.61. The Hall–Kier alpha value is -2.18. The van der Waals surface area contributed by atoms with E-state index in [2.05, 4.69) is 0 Å². The van der Waals surface area contributed by atoms with Crippen LogP contribution in [-0.4, -0.2) is 29.6 Å². The van der Waals surface area contributed by atoms with Crippen LogP contribution in [0.4, 0.5) is 15.8 Å². The molecule has 0 amide bonds. The zero-order valence-corrected chi connectivity index (χ0v) is 11.8. The first-order valence-corrected chi connectivity index (χ1v) is 5.95. The number of hydrogen-bond donors (Lipinski definition) is 1. The highest BCUT2D eigenvalue weighted by Crippen LogP contribution is 2.32. The summed E-state index contributed by atoms with van der Waals surface area (Å²) >= 11 is 0. The van der Waals surface area contributed by atoms with Crippen molar-refractivity contribution >= 4 is 17.3 Å². The van der Waals surface area contributed by atoms with Gasteiger partial charge in [0.25, 0.3) is 5.69 Å². The number of nitro groups is 1. The van der Waals surface area contributed by atoms with E-state index in [0.717, 1.165) is 6.07 Å². The summed E-state index contributed by atoms with van der Waals surface area (Å²) in [5.74, 6) is -2.57. The standard InChI is InChI=1S/C13H17FN2O4/c1-13(2,3)7-15(4)10-5-8(12(17)18)9(14)6-11(10)16(19)20/h5-6H,7H2,1-4H3,(H,17,18). The van der Waals surface area contributed by atoms with E-state index >= 15 is 0 Å². The first kappa shape index (κ1) is 15.9. The fourth-order valence-electron chi connectivity index (χ4n) is 1.96. The number of nitrogens with zero attached hydrogens (tertiary/aromatic N) is 2. The van der Waals surface area contributed by atoms with Gasteiger partial charge in [-0.25, -0.2) is 9.18 Å². The van der Waals surface area contributed by atoms with Crippen molar-refractivity contribution in [1.82, 2.24) is 0 Å². The average Bonchev–Trinajstić information content (AvgIpc) is 2.25. The third-order valence-corrected chi connectivity index (χ3v) is 2.61. The summed E-state index contributed by atoms with van der Waals surface area (Å²) in [5.41, 5.74) is -1.09. The molecule has 0 saturated heterocycles. The van der Waals surface area contributed by atoms with E-state index in [0.29, 0.717) is 12.6 Å². The number of aromatic carboxylic acids is 1. The van der Waals surface area contributed by atoms with Crippen molar-refractivity contribution in [2.75, 3.05) is 18.5 Å².